The van der Waals surface area contributed by atoms with Gasteiger partial charge in [-0.15, -0.1) is 0 Å². The van der Waals surface area contributed by atoms with E-state index in [1.807, 2.05) is 41.5 Å². The van der Waals surface area contributed by atoms with Crippen molar-refractivity contribution in [2.75, 3.05) is 26.2 Å². The number of phenolic OH excluding ortho intramolecular Hbond substituents is 1. The smallest absolute Gasteiger partial charge is 0.404 e. The Morgan fingerprint density at radius 1 is 0.975 bits per heavy atom. The first-order valence-electron chi connectivity index (χ1n) is 13.3. The molecule has 3 rings (SSSR count). The summed E-state index contributed by atoms with van der Waals surface area (Å²) < 4.78 is 5.70. The van der Waals surface area contributed by atoms with Gasteiger partial charge in [-0.1, -0.05) is 41.5 Å². The van der Waals surface area contributed by atoms with Crippen LogP contribution in [-0.2, 0) is 17.4 Å². The molecule has 0 bridgehead atoms. The summed E-state index contributed by atoms with van der Waals surface area (Å²) in [5.41, 5.74) is 2.62. The summed E-state index contributed by atoms with van der Waals surface area (Å²) in [6.07, 6.45) is -1.18. The Bertz CT molecular complexity index is 1300. The number of rotatable bonds is 9. The van der Waals surface area contributed by atoms with E-state index < -0.39 is 12.0 Å². The number of nitrogens with one attached hydrogen (secondary N) is 3. The molecule has 1 heterocycles. The Hall–Kier alpha value is -4.08. The highest BCUT2D eigenvalue weighted by molar-refractivity contribution is 6.07. The highest BCUT2D eigenvalue weighted by atomic mass is 16.5. The standard InChI is InChI=1S/C30H40N4O6/c1-8-40-24-13-18-15-34(26(31)19(18)14-20(24)27(37)32-9-10-33-28(38)39)16-23(35)17-11-21(29(2,3)4)25(36)22(12-17)30(5,6)7/h11-14,31,33,36H,8-10,15-16H2,1-7H3,(H,32,37)(H,38,39). The van der Waals surface area contributed by atoms with Crippen LogP contribution in [0.4, 0.5) is 4.79 Å². The molecule has 1 aliphatic heterocycles. The molecule has 0 atom stereocenters. The topological polar surface area (TPSA) is 152 Å². The van der Waals surface area contributed by atoms with Crippen LogP contribution in [0, 0.1) is 5.41 Å². The zero-order valence-corrected chi connectivity index (χ0v) is 24.3. The van der Waals surface area contributed by atoms with E-state index in [9.17, 15) is 19.5 Å². The lowest BCUT2D eigenvalue weighted by atomic mass is 9.78. The predicted octanol–water partition coefficient (Wildman–Crippen LogP) is 4.41. The normalized spacial score (nSPS) is 13.2. The quantitative estimate of drug-likeness (QED) is 0.228. The maximum Gasteiger partial charge on any atom is 0.404 e. The number of ketones is 1. The third-order valence-corrected chi connectivity index (χ3v) is 6.75. The highest BCUT2D eigenvalue weighted by Crippen LogP contribution is 2.40. The number of aromatic hydroxyl groups is 1. The van der Waals surface area contributed by atoms with Crippen LogP contribution in [0.2, 0.25) is 0 Å². The van der Waals surface area contributed by atoms with Crippen molar-refractivity contribution in [1.29, 1.82) is 5.41 Å². The van der Waals surface area contributed by atoms with E-state index in [0.29, 0.717) is 41.2 Å². The third kappa shape index (κ3) is 6.73. The van der Waals surface area contributed by atoms with E-state index in [2.05, 4.69) is 10.6 Å². The molecule has 0 saturated heterocycles. The van der Waals surface area contributed by atoms with Gasteiger partial charge in [-0.2, -0.15) is 0 Å². The highest BCUT2D eigenvalue weighted by Gasteiger charge is 2.31. The number of hydrogen-bond donors (Lipinski definition) is 5. The van der Waals surface area contributed by atoms with E-state index in [4.69, 9.17) is 15.3 Å². The first-order valence-corrected chi connectivity index (χ1v) is 13.3. The van der Waals surface area contributed by atoms with Crippen LogP contribution < -0.4 is 15.4 Å². The summed E-state index contributed by atoms with van der Waals surface area (Å²) in [4.78, 5) is 38.7. The predicted molar refractivity (Wildman–Crippen MR) is 153 cm³/mol. The van der Waals surface area contributed by atoms with Gasteiger partial charge in [0.2, 0.25) is 0 Å². The van der Waals surface area contributed by atoms with E-state index in [0.717, 1.165) is 5.56 Å². The number of hydrogen-bond acceptors (Lipinski definition) is 6. The van der Waals surface area contributed by atoms with Crippen LogP contribution in [-0.4, -0.2) is 65.0 Å². The van der Waals surface area contributed by atoms with Crippen molar-refractivity contribution in [3.05, 3.63) is 57.6 Å². The van der Waals surface area contributed by atoms with Crippen LogP contribution in [0.5, 0.6) is 11.5 Å². The number of carbonyl (C=O) groups is 3. The number of carbonyl (C=O) groups excluding carboxylic acids is 2. The number of benzene rings is 2. The van der Waals surface area contributed by atoms with Crippen LogP contribution >= 0.6 is 0 Å². The molecule has 0 spiro atoms. The molecule has 1 aliphatic rings. The van der Waals surface area contributed by atoms with Gasteiger partial charge in [0.15, 0.2) is 5.78 Å². The maximum atomic E-state index is 13.5. The summed E-state index contributed by atoms with van der Waals surface area (Å²) in [6.45, 7) is 14.5. The van der Waals surface area contributed by atoms with Gasteiger partial charge >= 0.3 is 6.09 Å². The number of amides is 2. The molecule has 0 unspecified atom stereocenters. The minimum Gasteiger partial charge on any atom is -0.507 e. The van der Waals surface area contributed by atoms with Crippen molar-refractivity contribution in [2.45, 2.75) is 65.8 Å². The lowest BCUT2D eigenvalue weighted by Crippen LogP contribution is -2.34. The Balaban J connectivity index is 1.87. The molecule has 216 valence electrons. The fourth-order valence-electron chi connectivity index (χ4n) is 4.66. The van der Waals surface area contributed by atoms with E-state index in [1.165, 1.54) is 0 Å². The first-order chi connectivity index (χ1) is 18.5. The van der Waals surface area contributed by atoms with E-state index in [1.54, 1.807) is 36.1 Å². The zero-order chi connectivity index (χ0) is 30.0. The number of amidine groups is 1. The zero-order valence-electron chi connectivity index (χ0n) is 24.3. The van der Waals surface area contributed by atoms with Crippen molar-refractivity contribution in [3.63, 3.8) is 0 Å². The number of carboxylic acid groups (broad SMARTS) is 1. The van der Waals surface area contributed by atoms with Gasteiger partial charge in [0.25, 0.3) is 5.91 Å². The molecular formula is C30H40N4O6. The molecule has 2 aromatic carbocycles. The van der Waals surface area contributed by atoms with Gasteiger partial charge < -0.3 is 30.5 Å². The average molecular weight is 553 g/mol. The molecule has 10 heteroatoms. The molecule has 0 radical (unpaired) electrons. The number of Topliss-reactive ketones (excluding diaryl/α,β-unsaturated/α-hetero) is 1. The monoisotopic (exact) mass is 552 g/mol. The largest absolute Gasteiger partial charge is 0.507 e. The Kier molecular flexibility index (Phi) is 8.81. The maximum absolute atomic E-state index is 13.5. The lowest BCUT2D eigenvalue weighted by Gasteiger charge is -2.28. The lowest BCUT2D eigenvalue weighted by molar-refractivity contribution is 0.0946. The van der Waals surface area contributed by atoms with E-state index >= 15 is 0 Å². The molecule has 5 N–H and O–H groups in total. The minimum absolute atomic E-state index is 0.0438. The summed E-state index contributed by atoms with van der Waals surface area (Å²) in [6, 6.07) is 6.80. The van der Waals surface area contributed by atoms with Gasteiger partial charge in [-0.25, -0.2) is 4.79 Å². The molecule has 0 fully saturated rings. The second kappa shape index (κ2) is 11.6. The average Bonchev–Trinajstić information content (AvgIpc) is 3.13. The molecule has 0 saturated carbocycles. The molecule has 10 nitrogen and oxygen atoms in total. The molecule has 2 amide bonds. The summed E-state index contributed by atoms with van der Waals surface area (Å²) in [7, 11) is 0. The van der Waals surface area contributed by atoms with Crippen LogP contribution in [0.3, 0.4) is 0 Å². The first kappa shape index (κ1) is 30.5. The number of ether oxygens (including phenoxy) is 1. The molecule has 0 aromatic heterocycles. The van der Waals surface area contributed by atoms with Crippen LogP contribution in [0.1, 0.15) is 91.4 Å². The van der Waals surface area contributed by atoms with Crippen molar-refractivity contribution in [2.24, 2.45) is 0 Å². The minimum atomic E-state index is -1.18. The molecule has 2 aromatic rings. The number of fused-ring (bicyclic) bond motifs is 1. The summed E-state index contributed by atoms with van der Waals surface area (Å²) >= 11 is 0. The Labute approximate surface area is 235 Å². The molecular weight excluding hydrogens is 512 g/mol. The van der Waals surface area contributed by atoms with Crippen molar-refractivity contribution >= 4 is 23.6 Å². The van der Waals surface area contributed by atoms with Crippen LogP contribution in [0.25, 0.3) is 0 Å². The fraction of sp³-hybridized carbons (Fsp3) is 0.467. The molecule has 40 heavy (non-hydrogen) atoms. The second-order valence-corrected chi connectivity index (χ2v) is 12.0. The van der Waals surface area contributed by atoms with Crippen molar-refractivity contribution < 1.29 is 29.3 Å². The van der Waals surface area contributed by atoms with Gasteiger partial charge in [-0.05, 0) is 47.6 Å². The Morgan fingerprint density at radius 3 is 2.08 bits per heavy atom. The van der Waals surface area contributed by atoms with Crippen molar-refractivity contribution in [3.8, 4) is 11.5 Å². The SMILES string of the molecule is CCOc1cc2c(cc1C(=O)NCCNC(=O)O)C(=N)N(CC(=O)c1cc(C(C)(C)C)c(O)c(C(C)(C)C)c1)C2. The second-order valence-electron chi connectivity index (χ2n) is 12.0. The molecule has 0 aliphatic carbocycles. The Morgan fingerprint density at radius 2 is 1.55 bits per heavy atom. The van der Waals surface area contributed by atoms with Crippen molar-refractivity contribution in [1.82, 2.24) is 15.5 Å². The van der Waals surface area contributed by atoms with Crippen LogP contribution in [0.15, 0.2) is 24.3 Å². The third-order valence-electron chi connectivity index (χ3n) is 6.75. The van der Waals surface area contributed by atoms with Gasteiger partial charge in [0.1, 0.15) is 17.3 Å². The summed E-state index contributed by atoms with van der Waals surface area (Å²) in [5.74, 6) is 0.0515. The number of nitrogens with zero attached hydrogens (tertiary/aromatic N) is 1. The fourth-order valence-corrected chi connectivity index (χ4v) is 4.66. The van der Waals surface area contributed by atoms with Gasteiger partial charge in [0.05, 0.1) is 18.7 Å². The van der Waals surface area contributed by atoms with E-state index in [-0.39, 0.29) is 53.4 Å². The number of phenols is 1. The van der Waals surface area contributed by atoms with Gasteiger partial charge in [-0.3, -0.25) is 15.0 Å². The summed E-state index contributed by atoms with van der Waals surface area (Å²) in [5, 5.41) is 33.3. The van der Waals surface area contributed by atoms with Gasteiger partial charge in [0, 0.05) is 41.9 Å².